The van der Waals surface area contributed by atoms with Gasteiger partial charge in [0.05, 0.1) is 18.4 Å². The summed E-state index contributed by atoms with van der Waals surface area (Å²) in [5.41, 5.74) is 1.28. The molecule has 4 rings (SSSR count). The highest BCUT2D eigenvalue weighted by molar-refractivity contribution is 6.00. The van der Waals surface area contributed by atoms with E-state index in [9.17, 15) is 18.0 Å². The van der Waals surface area contributed by atoms with E-state index in [0.717, 1.165) is 24.0 Å². The lowest BCUT2D eigenvalue weighted by Gasteiger charge is -2.13. The summed E-state index contributed by atoms with van der Waals surface area (Å²) >= 11 is 0. The monoisotopic (exact) mass is 514 g/mol. The molecule has 0 aliphatic rings. The van der Waals surface area contributed by atoms with Crippen molar-refractivity contribution in [2.45, 2.75) is 6.18 Å². The Bertz CT molecular complexity index is 1420. The standard InChI is InChI=1S/C23H21F3N8O3/c1-27-20-19-21(29-12-28-20)34(13-30-19)18-4-2-16(3-5-18)32-22(36)33-17-9-14(11-31-37-7-6-35)8-15(10-17)23(24,25)26/h2-5,8-13,35H,6-7H2,1H3,(H,27,28,29)(H2,32,33,36)/b31-11+. The fourth-order valence-corrected chi connectivity index (χ4v) is 3.36. The van der Waals surface area contributed by atoms with Gasteiger partial charge in [0.1, 0.15) is 19.3 Å². The number of fused-ring (bicyclic) bond motifs is 1. The number of anilines is 3. The first-order valence-corrected chi connectivity index (χ1v) is 10.8. The number of hydrogen-bond donors (Lipinski definition) is 4. The fraction of sp³-hybridized carbons (Fsp3) is 0.174. The van der Waals surface area contributed by atoms with Gasteiger partial charge in [-0.05, 0) is 48.0 Å². The van der Waals surface area contributed by atoms with Gasteiger partial charge in [-0.15, -0.1) is 0 Å². The highest BCUT2D eigenvalue weighted by atomic mass is 19.4. The van der Waals surface area contributed by atoms with Crippen LogP contribution in [-0.2, 0) is 11.0 Å². The molecule has 0 fully saturated rings. The second-order valence-corrected chi connectivity index (χ2v) is 7.52. The van der Waals surface area contributed by atoms with Gasteiger partial charge in [0.25, 0.3) is 0 Å². The molecular formula is C23H21F3N8O3. The van der Waals surface area contributed by atoms with Gasteiger partial charge in [0.15, 0.2) is 17.0 Å². The number of urea groups is 1. The predicted octanol–water partition coefficient (Wildman–Crippen LogP) is 3.86. The Hall–Kier alpha value is -4.72. The smallest absolute Gasteiger partial charge is 0.393 e. The molecule has 0 unspecified atom stereocenters. The number of amides is 2. The first-order valence-electron chi connectivity index (χ1n) is 10.8. The van der Waals surface area contributed by atoms with Crippen LogP contribution < -0.4 is 16.0 Å². The molecule has 11 nitrogen and oxygen atoms in total. The molecule has 0 radical (unpaired) electrons. The van der Waals surface area contributed by atoms with Crippen LogP contribution in [0.15, 0.2) is 60.3 Å². The molecule has 0 spiro atoms. The van der Waals surface area contributed by atoms with Crippen LogP contribution in [0.3, 0.4) is 0 Å². The maximum Gasteiger partial charge on any atom is 0.416 e. The Kier molecular flexibility index (Phi) is 7.48. The van der Waals surface area contributed by atoms with Crippen molar-refractivity contribution in [1.29, 1.82) is 0 Å². The molecule has 2 aromatic carbocycles. The molecule has 0 aliphatic carbocycles. The van der Waals surface area contributed by atoms with Crippen molar-refractivity contribution in [3.05, 3.63) is 66.2 Å². The number of alkyl halides is 3. The maximum absolute atomic E-state index is 13.3. The van der Waals surface area contributed by atoms with Crippen LogP contribution in [0.5, 0.6) is 0 Å². The Labute approximate surface area is 208 Å². The number of oxime groups is 1. The summed E-state index contributed by atoms with van der Waals surface area (Å²) in [7, 11) is 1.73. The van der Waals surface area contributed by atoms with Crippen molar-refractivity contribution in [2.75, 3.05) is 36.2 Å². The first kappa shape index (κ1) is 25.4. The molecule has 0 saturated heterocycles. The fourth-order valence-electron chi connectivity index (χ4n) is 3.36. The third-order valence-electron chi connectivity index (χ3n) is 4.97. The molecule has 2 aromatic heterocycles. The molecule has 4 aromatic rings. The van der Waals surface area contributed by atoms with Gasteiger partial charge >= 0.3 is 12.2 Å². The first-order chi connectivity index (χ1) is 17.8. The Balaban J connectivity index is 1.48. The molecule has 192 valence electrons. The summed E-state index contributed by atoms with van der Waals surface area (Å²) in [6.07, 6.45) is -0.579. The number of aliphatic hydroxyl groups excluding tert-OH is 1. The van der Waals surface area contributed by atoms with Crippen LogP contribution in [0, 0.1) is 0 Å². The SMILES string of the molecule is CNc1ncnc2c1ncn2-c1ccc(NC(=O)Nc2cc(/C=N/OCCO)cc(C(F)(F)F)c2)cc1. The summed E-state index contributed by atoms with van der Waals surface area (Å²) in [6.45, 7) is -0.401. The van der Waals surface area contributed by atoms with Gasteiger partial charge in [-0.3, -0.25) is 4.57 Å². The predicted molar refractivity (Wildman–Crippen MR) is 131 cm³/mol. The lowest BCUT2D eigenvalue weighted by atomic mass is 10.1. The number of carbonyl (C=O) groups excluding carboxylic acids is 1. The van der Waals surface area contributed by atoms with Crippen molar-refractivity contribution in [2.24, 2.45) is 5.16 Å². The second-order valence-electron chi connectivity index (χ2n) is 7.52. The van der Waals surface area contributed by atoms with E-state index in [1.165, 1.54) is 12.4 Å². The number of aromatic nitrogens is 4. The van der Waals surface area contributed by atoms with E-state index in [1.54, 1.807) is 42.2 Å². The van der Waals surface area contributed by atoms with E-state index in [2.05, 4.69) is 36.1 Å². The highest BCUT2D eigenvalue weighted by Crippen LogP contribution is 2.32. The van der Waals surface area contributed by atoms with Crippen molar-refractivity contribution in [3.8, 4) is 5.69 Å². The van der Waals surface area contributed by atoms with Crippen LogP contribution in [0.1, 0.15) is 11.1 Å². The van der Waals surface area contributed by atoms with Crippen molar-refractivity contribution >= 4 is 40.6 Å². The van der Waals surface area contributed by atoms with Gasteiger partial charge in [-0.2, -0.15) is 13.2 Å². The molecule has 37 heavy (non-hydrogen) atoms. The minimum absolute atomic E-state index is 0.0465. The number of nitrogens with zero attached hydrogens (tertiary/aromatic N) is 5. The van der Waals surface area contributed by atoms with Gasteiger partial charge in [0.2, 0.25) is 0 Å². The van der Waals surface area contributed by atoms with Crippen LogP contribution in [0.4, 0.5) is 35.2 Å². The number of aliphatic hydroxyl groups is 1. The van der Waals surface area contributed by atoms with E-state index >= 15 is 0 Å². The zero-order valence-corrected chi connectivity index (χ0v) is 19.3. The van der Waals surface area contributed by atoms with E-state index < -0.39 is 17.8 Å². The molecule has 0 atom stereocenters. The average molecular weight is 514 g/mol. The summed E-state index contributed by atoms with van der Waals surface area (Å²) in [4.78, 5) is 29.9. The van der Waals surface area contributed by atoms with Crippen molar-refractivity contribution < 1.29 is 27.9 Å². The molecule has 0 saturated carbocycles. The third kappa shape index (κ3) is 6.10. The normalized spacial score (nSPS) is 11.6. The number of rotatable bonds is 8. The molecule has 4 N–H and O–H groups in total. The molecule has 0 bridgehead atoms. The molecule has 2 amide bonds. The van der Waals surface area contributed by atoms with Crippen LogP contribution in [0.2, 0.25) is 0 Å². The topological polar surface area (TPSA) is 139 Å². The minimum atomic E-state index is -4.64. The molecular weight excluding hydrogens is 493 g/mol. The number of hydrogen-bond acceptors (Lipinski definition) is 8. The van der Waals surface area contributed by atoms with Crippen LogP contribution >= 0.6 is 0 Å². The summed E-state index contributed by atoms with van der Waals surface area (Å²) < 4.78 is 41.7. The zero-order valence-electron chi connectivity index (χ0n) is 19.3. The van der Waals surface area contributed by atoms with Crippen molar-refractivity contribution in [3.63, 3.8) is 0 Å². The molecule has 2 heterocycles. The lowest BCUT2D eigenvalue weighted by Crippen LogP contribution is -2.20. The Morgan fingerprint density at radius 2 is 1.86 bits per heavy atom. The highest BCUT2D eigenvalue weighted by Gasteiger charge is 2.31. The number of benzene rings is 2. The van der Waals surface area contributed by atoms with Gasteiger partial charge < -0.3 is 25.9 Å². The van der Waals surface area contributed by atoms with E-state index in [4.69, 9.17) is 9.94 Å². The molecule has 0 aliphatic heterocycles. The van der Waals surface area contributed by atoms with Gasteiger partial charge in [-0.1, -0.05) is 5.16 Å². The number of imidazole rings is 1. The summed E-state index contributed by atoms with van der Waals surface area (Å²) in [6, 6.07) is 8.93. The number of carbonyl (C=O) groups is 1. The van der Waals surface area contributed by atoms with Crippen LogP contribution in [-0.4, -0.2) is 57.1 Å². The van der Waals surface area contributed by atoms with E-state index in [1.807, 2.05) is 0 Å². The van der Waals surface area contributed by atoms with Gasteiger partial charge in [-0.25, -0.2) is 19.7 Å². The Morgan fingerprint density at radius 1 is 1.11 bits per heavy atom. The number of nitrogens with one attached hydrogen (secondary N) is 3. The largest absolute Gasteiger partial charge is 0.416 e. The zero-order chi connectivity index (χ0) is 26.4. The van der Waals surface area contributed by atoms with Crippen molar-refractivity contribution in [1.82, 2.24) is 19.5 Å². The Morgan fingerprint density at radius 3 is 2.57 bits per heavy atom. The van der Waals surface area contributed by atoms with E-state index in [-0.39, 0.29) is 24.5 Å². The average Bonchev–Trinajstić information content (AvgIpc) is 3.31. The van der Waals surface area contributed by atoms with E-state index in [0.29, 0.717) is 22.7 Å². The maximum atomic E-state index is 13.3. The lowest BCUT2D eigenvalue weighted by molar-refractivity contribution is -0.137. The summed E-state index contributed by atoms with van der Waals surface area (Å²) in [5, 5.41) is 20.1. The number of halogens is 3. The molecule has 14 heteroatoms. The minimum Gasteiger partial charge on any atom is -0.393 e. The second kappa shape index (κ2) is 10.9. The van der Waals surface area contributed by atoms with Gasteiger partial charge in [0, 0.05) is 24.1 Å². The third-order valence-corrected chi connectivity index (χ3v) is 4.97. The quantitative estimate of drug-likeness (QED) is 0.159. The van der Waals surface area contributed by atoms with Crippen LogP contribution in [0.25, 0.3) is 16.9 Å². The summed E-state index contributed by atoms with van der Waals surface area (Å²) in [5.74, 6) is 0.584.